The monoisotopic (exact) mass is 394 g/mol. The maximum Gasteiger partial charge on any atom is 0.223 e. The van der Waals surface area contributed by atoms with Gasteiger partial charge in [0.2, 0.25) is 5.91 Å². The highest BCUT2D eigenvalue weighted by molar-refractivity contribution is 6.30. The van der Waals surface area contributed by atoms with E-state index in [0.29, 0.717) is 6.54 Å². The average molecular weight is 395 g/mol. The van der Waals surface area contributed by atoms with Gasteiger partial charge in [0.15, 0.2) is 0 Å². The van der Waals surface area contributed by atoms with Crippen LogP contribution in [0.5, 0.6) is 0 Å². The van der Waals surface area contributed by atoms with Crippen molar-refractivity contribution in [3.8, 4) is 22.4 Å². The van der Waals surface area contributed by atoms with Crippen LogP contribution in [-0.2, 0) is 4.79 Å². The molecule has 4 rings (SSSR count). The van der Waals surface area contributed by atoms with E-state index in [2.05, 4.69) is 39.9 Å². The molecule has 1 aromatic heterocycles. The van der Waals surface area contributed by atoms with Crippen LogP contribution in [0.4, 0.5) is 0 Å². The number of rotatable bonds is 5. The van der Waals surface area contributed by atoms with Gasteiger partial charge in [-0.25, -0.2) is 4.68 Å². The first-order chi connectivity index (χ1) is 13.7. The largest absolute Gasteiger partial charge is 0.356 e. The van der Waals surface area contributed by atoms with Gasteiger partial charge < -0.3 is 5.32 Å². The fourth-order valence-corrected chi connectivity index (χ4v) is 4.06. The third-order valence-electron chi connectivity index (χ3n) is 5.41. The molecule has 1 fully saturated rings. The molecule has 1 saturated carbocycles. The summed E-state index contributed by atoms with van der Waals surface area (Å²) in [5, 5.41) is 12.1. The fraction of sp³-hybridized carbons (Fsp3) is 0.318. The summed E-state index contributed by atoms with van der Waals surface area (Å²) in [6.45, 7) is 2.63. The minimum Gasteiger partial charge on any atom is -0.356 e. The van der Waals surface area contributed by atoms with Gasteiger partial charge in [-0.2, -0.15) is 0 Å². The second-order valence-electron chi connectivity index (χ2n) is 7.21. The zero-order valence-corrected chi connectivity index (χ0v) is 16.6. The minimum atomic E-state index is 0.0641. The van der Waals surface area contributed by atoms with E-state index in [1.54, 1.807) is 6.20 Å². The average Bonchev–Trinajstić information content (AvgIpc) is 3.38. The zero-order valence-electron chi connectivity index (χ0n) is 15.8. The Morgan fingerprint density at radius 3 is 2.39 bits per heavy atom. The molecule has 1 aliphatic rings. The summed E-state index contributed by atoms with van der Waals surface area (Å²) in [7, 11) is 0. The summed E-state index contributed by atoms with van der Waals surface area (Å²) in [6.07, 6.45) is 4.45. The molecule has 5 nitrogen and oxygen atoms in total. The molecule has 1 amide bonds. The van der Waals surface area contributed by atoms with Gasteiger partial charge in [0.1, 0.15) is 0 Å². The SMILES string of the molecule is CCNC(=O)C1CCC(n2nncc2-c2ccc(-c3ccc(Cl)cc3)cc2)C1. The van der Waals surface area contributed by atoms with Crippen LogP contribution in [0.25, 0.3) is 22.4 Å². The van der Waals surface area contributed by atoms with Gasteiger partial charge >= 0.3 is 0 Å². The number of nitrogens with zero attached hydrogens (tertiary/aromatic N) is 3. The normalized spacial score (nSPS) is 18.9. The van der Waals surface area contributed by atoms with Gasteiger partial charge in [0, 0.05) is 23.0 Å². The number of halogens is 1. The molecule has 0 radical (unpaired) electrons. The van der Waals surface area contributed by atoms with Crippen LogP contribution in [0.2, 0.25) is 5.02 Å². The van der Waals surface area contributed by atoms with Crippen LogP contribution < -0.4 is 5.32 Å². The van der Waals surface area contributed by atoms with Gasteiger partial charge in [0.25, 0.3) is 0 Å². The Hall–Kier alpha value is -2.66. The standard InChI is InChI=1S/C22H23ClN4O/c1-2-24-22(28)18-9-12-20(13-18)27-21(14-25-26-27)17-5-3-15(4-6-17)16-7-10-19(23)11-8-16/h3-8,10-11,14,18,20H,2,9,12-13H2,1H3,(H,24,28). The molecule has 0 saturated heterocycles. The number of nitrogens with one attached hydrogen (secondary N) is 1. The van der Waals surface area contributed by atoms with Crippen molar-refractivity contribution in [3.63, 3.8) is 0 Å². The molecule has 2 aromatic carbocycles. The first-order valence-electron chi connectivity index (χ1n) is 9.70. The summed E-state index contributed by atoms with van der Waals surface area (Å²) in [6, 6.07) is 16.4. The molecule has 1 heterocycles. The van der Waals surface area contributed by atoms with Gasteiger partial charge in [0.05, 0.1) is 17.9 Å². The van der Waals surface area contributed by atoms with Crippen LogP contribution in [0.1, 0.15) is 32.2 Å². The molecular formula is C22H23ClN4O. The van der Waals surface area contributed by atoms with E-state index < -0.39 is 0 Å². The van der Waals surface area contributed by atoms with E-state index in [1.807, 2.05) is 35.9 Å². The molecule has 144 valence electrons. The van der Waals surface area contributed by atoms with Crippen LogP contribution in [-0.4, -0.2) is 27.4 Å². The van der Waals surface area contributed by atoms with Crippen molar-refractivity contribution in [2.24, 2.45) is 5.92 Å². The number of amides is 1. The minimum absolute atomic E-state index is 0.0641. The van der Waals surface area contributed by atoms with Crippen LogP contribution in [0.15, 0.2) is 54.7 Å². The maximum atomic E-state index is 12.1. The Balaban J connectivity index is 1.53. The number of benzene rings is 2. The molecule has 28 heavy (non-hydrogen) atoms. The van der Waals surface area contributed by atoms with Crippen molar-refractivity contribution in [1.29, 1.82) is 0 Å². The number of hydrogen-bond acceptors (Lipinski definition) is 3. The fourth-order valence-electron chi connectivity index (χ4n) is 3.93. The lowest BCUT2D eigenvalue weighted by molar-refractivity contribution is -0.124. The summed E-state index contributed by atoms with van der Waals surface area (Å²) < 4.78 is 1.98. The predicted octanol–water partition coefficient (Wildman–Crippen LogP) is 4.74. The Labute approximate surface area is 169 Å². The van der Waals surface area contributed by atoms with Crippen molar-refractivity contribution in [2.75, 3.05) is 6.54 Å². The second-order valence-corrected chi connectivity index (χ2v) is 7.64. The van der Waals surface area contributed by atoms with Crippen molar-refractivity contribution < 1.29 is 4.79 Å². The highest BCUT2D eigenvalue weighted by Gasteiger charge is 2.32. The van der Waals surface area contributed by atoms with Gasteiger partial charge in [-0.3, -0.25) is 4.79 Å². The zero-order chi connectivity index (χ0) is 19.5. The molecular weight excluding hydrogens is 372 g/mol. The number of carbonyl (C=O) groups excluding carboxylic acids is 1. The van der Waals surface area contributed by atoms with Crippen molar-refractivity contribution in [1.82, 2.24) is 20.3 Å². The lowest BCUT2D eigenvalue weighted by Crippen LogP contribution is -2.29. The second kappa shape index (κ2) is 8.15. The van der Waals surface area contributed by atoms with Crippen LogP contribution >= 0.6 is 11.6 Å². The van der Waals surface area contributed by atoms with E-state index in [-0.39, 0.29) is 17.9 Å². The third kappa shape index (κ3) is 3.80. The quantitative estimate of drug-likeness (QED) is 0.679. The van der Waals surface area contributed by atoms with Gasteiger partial charge in [-0.15, -0.1) is 5.10 Å². The molecule has 0 bridgehead atoms. The topological polar surface area (TPSA) is 59.8 Å². The summed E-state index contributed by atoms with van der Waals surface area (Å²) in [5.41, 5.74) is 4.33. The summed E-state index contributed by atoms with van der Waals surface area (Å²) in [4.78, 5) is 12.1. The van der Waals surface area contributed by atoms with Crippen molar-refractivity contribution in [2.45, 2.75) is 32.2 Å². The van der Waals surface area contributed by atoms with Crippen LogP contribution in [0.3, 0.4) is 0 Å². The van der Waals surface area contributed by atoms with E-state index in [4.69, 9.17) is 11.6 Å². The smallest absolute Gasteiger partial charge is 0.223 e. The maximum absolute atomic E-state index is 12.1. The molecule has 0 aliphatic heterocycles. The van der Waals surface area contributed by atoms with E-state index in [0.717, 1.165) is 46.7 Å². The lowest BCUT2D eigenvalue weighted by Gasteiger charge is -2.14. The number of carbonyl (C=O) groups is 1. The molecule has 6 heteroatoms. The number of aromatic nitrogens is 3. The first-order valence-corrected chi connectivity index (χ1v) is 10.1. The van der Waals surface area contributed by atoms with E-state index in [9.17, 15) is 4.79 Å². The van der Waals surface area contributed by atoms with E-state index in [1.165, 1.54) is 0 Å². The molecule has 2 atom stereocenters. The Morgan fingerprint density at radius 2 is 1.71 bits per heavy atom. The van der Waals surface area contributed by atoms with E-state index >= 15 is 0 Å². The highest BCUT2D eigenvalue weighted by atomic mass is 35.5. The summed E-state index contributed by atoms with van der Waals surface area (Å²) >= 11 is 5.98. The third-order valence-corrected chi connectivity index (χ3v) is 5.66. The highest BCUT2D eigenvalue weighted by Crippen LogP contribution is 2.37. The first kappa shape index (κ1) is 18.7. The van der Waals surface area contributed by atoms with Crippen LogP contribution in [0, 0.1) is 5.92 Å². The number of hydrogen-bond donors (Lipinski definition) is 1. The predicted molar refractivity (Wildman–Crippen MR) is 111 cm³/mol. The summed E-state index contributed by atoms with van der Waals surface area (Å²) in [5.74, 6) is 0.216. The van der Waals surface area contributed by atoms with Crippen molar-refractivity contribution in [3.05, 3.63) is 59.8 Å². The lowest BCUT2D eigenvalue weighted by atomic mass is 10.0. The molecule has 0 spiro atoms. The Kier molecular flexibility index (Phi) is 5.44. The van der Waals surface area contributed by atoms with Crippen molar-refractivity contribution >= 4 is 17.5 Å². The molecule has 2 unspecified atom stereocenters. The Morgan fingerprint density at radius 1 is 1.07 bits per heavy atom. The molecule has 3 aromatic rings. The van der Waals surface area contributed by atoms with Gasteiger partial charge in [-0.1, -0.05) is 53.2 Å². The van der Waals surface area contributed by atoms with Gasteiger partial charge in [-0.05, 0) is 49.4 Å². The Bertz CT molecular complexity index is 949. The molecule has 1 aliphatic carbocycles. The molecule has 1 N–H and O–H groups in total.